The molecule has 16 heavy (non-hydrogen) atoms. The summed E-state index contributed by atoms with van der Waals surface area (Å²) in [5, 5.41) is 0.417. The summed E-state index contributed by atoms with van der Waals surface area (Å²) in [6.45, 7) is 4.91. The molecular formula is C12H17O3P. The summed E-state index contributed by atoms with van der Waals surface area (Å²) < 4.78 is 12.2. The first-order chi connectivity index (χ1) is 7.35. The predicted octanol–water partition coefficient (Wildman–Crippen LogP) is 2.12. The summed E-state index contributed by atoms with van der Waals surface area (Å²) in [5.74, 6) is -0.00351. The number of Topliss-reactive ketones (excluding diaryl/α,β-unsaturated/α-hetero) is 1. The molecule has 0 saturated carbocycles. The molecule has 1 aromatic carbocycles. The summed E-state index contributed by atoms with van der Waals surface area (Å²) in [5.41, 5.74) is 0.329. The lowest BCUT2D eigenvalue weighted by Crippen LogP contribution is -2.18. The predicted molar refractivity (Wildman–Crippen MR) is 65.4 cm³/mol. The molecule has 1 N–H and O–H groups in total. The Kier molecular flexibility index (Phi) is 4.06. The normalized spacial score (nSPS) is 14.8. The van der Waals surface area contributed by atoms with Gasteiger partial charge >= 0.3 is 0 Å². The highest BCUT2D eigenvalue weighted by atomic mass is 31.2. The van der Waals surface area contributed by atoms with Crippen LogP contribution in [0.15, 0.2) is 24.3 Å². The van der Waals surface area contributed by atoms with Crippen LogP contribution in [0.2, 0.25) is 0 Å². The molecule has 1 unspecified atom stereocenters. The lowest BCUT2D eigenvalue weighted by molar-refractivity contribution is -0.116. The molecule has 88 valence electrons. The molecule has 0 fully saturated rings. The van der Waals surface area contributed by atoms with Crippen LogP contribution in [-0.4, -0.2) is 16.3 Å². The quantitative estimate of drug-likeness (QED) is 0.820. The van der Waals surface area contributed by atoms with E-state index in [1.807, 2.05) is 0 Å². The fourth-order valence-electron chi connectivity index (χ4n) is 1.52. The van der Waals surface area contributed by atoms with Crippen molar-refractivity contribution in [2.24, 2.45) is 0 Å². The molecular weight excluding hydrogens is 223 g/mol. The molecule has 1 rings (SSSR count). The van der Waals surface area contributed by atoms with Crippen molar-refractivity contribution in [3.8, 4) is 0 Å². The van der Waals surface area contributed by atoms with Crippen LogP contribution in [0.3, 0.4) is 0 Å². The maximum atomic E-state index is 12.2. The minimum atomic E-state index is -3.36. The molecule has 0 aliphatic rings. The smallest absolute Gasteiger partial charge is 0.232 e. The van der Waals surface area contributed by atoms with Gasteiger partial charge in [0.15, 0.2) is 0 Å². The van der Waals surface area contributed by atoms with Crippen molar-refractivity contribution in [1.29, 1.82) is 0 Å². The van der Waals surface area contributed by atoms with Gasteiger partial charge in [-0.05, 0) is 18.6 Å². The Labute approximate surface area is 96.0 Å². The summed E-state index contributed by atoms with van der Waals surface area (Å²) >= 11 is 0. The minimum Gasteiger partial charge on any atom is -0.341 e. The van der Waals surface area contributed by atoms with Crippen LogP contribution in [0, 0.1) is 0 Å². The average molecular weight is 240 g/mol. The van der Waals surface area contributed by atoms with Gasteiger partial charge in [-0.1, -0.05) is 32.0 Å². The second-order valence-electron chi connectivity index (χ2n) is 4.22. The Morgan fingerprint density at radius 1 is 1.38 bits per heavy atom. The number of benzene rings is 1. The van der Waals surface area contributed by atoms with Gasteiger partial charge in [0.25, 0.3) is 0 Å². The number of hydrogen-bond donors (Lipinski definition) is 1. The van der Waals surface area contributed by atoms with E-state index >= 15 is 0 Å². The maximum absolute atomic E-state index is 12.2. The highest BCUT2D eigenvalue weighted by Crippen LogP contribution is 2.45. The van der Waals surface area contributed by atoms with Crippen molar-refractivity contribution >= 4 is 18.5 Å². The molecule has 0 radical (unpaired) electrons. The van der Waals surface area contributed by atoms with Crippen molar-refractivity contribution in [3.05, 3.63) is 29.8 Å². The third kappa shape index (κ3) is 2.81. The molecule has 0 bridgehead atoms. The second kappa shape index (κ2) is 4.94. The minimum absolute atomic E-state index is 0.00351. The van der Waals surface area contributed by atoms with Crippen LogP contribution >= 0.6 is 7.37 Å². The van der Waals surface area contributed by atoms with Gasteiger partial charge in [0.2, 0.25) is 7.37 Å². The first kappa shape index (κ1) is 13.1. The van der Waals surface area contributed by atoms with E-state index in [-0.39, 0.29) is 17.9 Å². The van der Waals surface area contributed by atoms with Gasteiger partial charge < -0.3 is 4.89 Å². The number of rotatable bonds is 4. The molecule has 0 aliphatic carbocycles. The SMILES string of the molecule is CC(=O)Cc1ccccc1P(=O)(O)C(C)C. The van der Waals surface area contributed by atoms with Crippen molar-refractivity contribution < 1.29 is 14.3 Å². The molecule has 4 heteroatoms. The van der Waals surface area contributed by atoms with Gasteiger partial charge in [-0.25, -0.2) is 0 Å². The van der Waals surface area contributed by atoms with Crippen LogP contribution in [0.4, 0.5) is 0 Å². The van der Waals surface area contributed by atoms with Gasteiger partial charge in [-0.2, -0.15) is 0 Å². The summed E-state index contributed by atoms with van der Waals surface area (Å²) in [6.07, 6.45) is 0.216. The van der Waals surface area contributed by atoms with Gasteiger partial charge in [-0.15, -0.1) is 0 Å². The average Bonchev–Trinajstić information content (AvgIpc) is 2.17. The molecule has 0 heterocycles. The Bertz CT molecular complexity index is 438. The Hall–Kier alpha value is -0.920. The van der Waals surface area contributed by atoms with Crippen LogP contribution in [0.1, 0.15) is 26.3 Å². The standard InChI is InChI=1S/C12H17O3P/c1-9(2)16(14,15)12-7-5-4-6-11(12)8-10(3)13/h4-7,9H,8H2,1-3H3,(H,14,15). The van der Waals surface area contributed by atoms with E-state index in [9.17, 15) is 14.3 Å². The van der Waals surface area contributed by atoms with E-state index < -0.39 is 7.37 Å². The topological polar surface area (TPSA) is 54.4 Å². The second-order valence-corrected chi connectivity index (χ2v) is 6.98. The Morgan fingerprint density at radius 2 is 1.94 bits per heavy atom. The number of hydrogen-bond acceptors (Lipinski definition) is 2. The van der Waals surface area contributed by atoms with Gasteiger partial charge in [-0.3, -0.25) is 9.36 Å². The number of carbonyl (C=O) groups is 1. The van der Waals surface area contributed by atoms with E-state index in [1.54, 1.807) is 38.1 Å². The molecule has 0 saturated heterocycles. The fraction of sp³-hybridized carbons (Fsp3) is 0.417. The number of carbonyl (C=O) groups excluding carboxylic acids is 1. The lowest BCUT2D eigenvalue weighted by atomic mass is 10.1. The molecule has 0 aliphatic heterocycles. The van der Waals surface area contributed by atoms with Crippen LogP contribution in [0.25, 0.3) is 0 Å². The van der Waals surface area contributed by atoms with Crippen LogP contribution < -0.4 is 5.30 Å². The van der Waals surface area contributed by atoms with E-state index in [1.165, 1.54) is 6.92 Å². The first-order valence-electron chi connectivity index (χ1n) is 5.26. The Morgan fingerprint density at radius 3 is 2.44 bits per heavy atom. The summed E-state index contributed by atoms with van der Waals surface area (Å²) in [6, 6.07) is 6.88. The Balaban J connectivity index is 3.23. The summed E-state index contributed by atoms with van der Waals surface area (Å²) in [7, 11) is -3.36. The molecule has 0 spiro atoms. The zero-order chi connectivity index (χ0) is 12.3. The monoisotopic (exact) mass is 240 g/mol. The van der Waals surface area contributed by atoms with E-state index in [4.69, 9.17) is 0 Å². The molecule has 1 aromatic rings. The lowest BCUT2D eigenvalue weighted by Gasteiger charge is -2.18. The van der Waals surface area contributed by atoms with Crippen molar-refractivity contribution in [2.45, 2.75) is 32.9 Å². The van der Waals surface area contributed by atoms with E-state index in [2.05, 4.69) is 0 Å². The van der Waals surface area contributed by atoms with Crippen molar-refractivity contribution in [3.63, 3.8) is 0 Å². The molecule has 3 nitrogen and oxygen atoms in total. The van der Waals surface area contributed by atoms with E-state index in [0.29, 0.717) is 10.9 Å². The third-order valence-electron chi connectivity index (χ3n) is 2.48. The highest BCUT2D eigenvalue weighted by Gasteiger charge is 2.28. The zero-order valence-corrected chi connectivity index (χ0v) is 10.7. The van der Waals surface area contributed by atoms with Crippen molar-refractivity contribution in [2.75, 3.05) is 0 Å². The van der Waals surface area contributed by atoms with Crippen LogP contribution in [-0.2, 0) is 15.8 Å². The number of ketones is 1. The van der Waals surface area contributed by atoms with Gasteiger partial charge in [0, 0.05) is 17.4 Å². The molecule has 0 aromatic heterocycles. The maximum Gasteiger partial charge on any atom is 0.232 e. The van der Waals surface area contributed by atoms with Gasteiger partial charge in [0.05, 0.1) is 0 Å². The third-order valence-corrected chi connectivity index (χ3v) is 5.00. The van der Waals surface area contributed by atoms with E-state index in [0.717, 1.165) is 0 Å². The molecule has 1 atom stereocenters. The summed E-state index contributed by atoms with van der Waals surface area (Å²) in [4.78, 5) is 21.1. The van der Waals surface area contributed by atoms with Crippen LogP contribution in [0.5, 0.6) is 0 Å². The first-order valence-corrected chi connectivity index (χ1v) is 6.99. The largest absolute Gasteiger partial charge is 0.341 e. The molecule has 0 amide bonds. The zero-order valence-electron chi connectivity index (χ0n) is 9.80. The van der Waals surface area contributed by atoms with Gasteiger partial charge in [0.1, 0.15) is 5.78 Å². The fourth-order valence-corrected chi connectivity index (χ4v) is 2.94. The van der Waals surface area contributed by atoms with Crippen molar-refractivity contribution in [1.82, 2.24) is 0 Å². The highest BCUT2D eigenvalue weighted by molar-refractivity contribution is 7.66.